The van der Waals surface area contributed by atoms with E-state index in [2.05, 4.69) is 53.9 Å². The Labute approximate surface area is 175 Å². The molecule has 0 unspecified atom stereocenters. The molecule has 4 nitrogen and oxygen atoms in total. The van der Waals surface area contributed by atoms with Gasteiger partial charge < -0.3 is 4.74 Å². The van der Waals surface area contributed by atoms with Crippen molar-refractivity contribution in [3.05, 3.63) is 66.5 Å². The number of ether oxygens (including phenoxy) is 1. The largest absolute Gasteiger partial charge is 0.465 e. The number of rotatable bonds is 4. The number of carbonyl (C=O) groups is 1. The molecule has 0 aliphatic carbocycles. The Morgan fingerprint density at radius 1 is 0.828 bits per heavy atom. The summed E-state index contributed by atoms with van der Waals surface area (Å²) >= 11 is 1.68. The number of aromatic nitrogens is 2. The lowest BCUT2D eigenvalue weighted by molar-refractivity contribution is 0.0601. The van der Waals surface area contributed by atoms with E-state index in [1.165, 1.54) is 12.3 Å². The lowest BCUT2D eigenvalue weighted by Crippen LogP contribution is -2.37. The number of thiophene rings is 1. The molecule has 29 heavy (non-hydrogen) atoms. The van der Waals surface area contributed by atoms with E-state index in [4.69, 9.17) is 4.74 Å². The van der Waals surface area contributed by atoms with Gasteiger partial charge in [0.05, 0.1) is 30.5 Å². The van der Waals surface area contributed by atoms with Gasteiger partial charge in [0.25, 0.3) is 0 Å². The first-order valence-electron chi connectivity index (χ1n) is 9.41. The average molecular weight is 419 g/mol. The summed E-state index contributed by atoms with van der Waals surface area (Å²) in [6.07, 6.45) is 3.46. The zero-order chi connectivity index (χ0) is 20.6. The van der Waals surface area contributed by atoms with Crippen LogP contribution in [0.3, 0.4) is 0 Å². The fourth-order valence-electron chi connectivity index (χ4n) is 3.26. The van der Waals surface area contributed by atoms with E-state index in [0.717, 1.165) is 31.9 Å². The predicted octanol–water partition coefficient (Wildman–Crippen LogP) is 5.36. The Morgan fingerprint density at radius 3 is 1.76 bits per heavy atom. The summed E-state index contributed by atoms with van der Waals surface area (Å²) < 4.78 is 4.79. The molecule has 0 saturated carbocycles. The van der Waals surface area contributed by atoms with Crippen molar-refractivity contribution in [1.82, 2.24) is 9.97 Å². The number of methoxy groups -OCH3 is 1. The molecule has 0 fully saturated rings. The lowest BCUT2D eigenvalue weighted by atomic mass is 10.1. The predicted molar refractivity (Wildman–Crippen MR) is 123 cm³/mol. The highest BCUT2D eigenvalue weighted by Gasteiger charge is 2.19. The number of hydrogen-bond donors (Lipinski definition) is 0. The first-order chi connectivity index (χ1) is 13.9. The van der Waals surface area contributed by atoms with Gasteiger partial charge in [-0.15, -0.1) is 11.3 Å². The van der Waals surface area contributed by atoms with E-state index >= 15 is 0 Å². The average Bonchev–Trinajstić information content (AvgIpc) is 3.12. The van der Waals surface area contributed by atoms with Crippen molar-refractivity contribution in [2.24, 2.45) is 0 Å². The normalized spacial score (nSPS) is 11.6. The maximum absolute atomic E-state index is 11.7. The summed E-state index contributed by atoms with van der Waals surface area (Å²) in [7, 11) is 0.0486. The summed E-state index contributed by atoms with van der Waals surface area (Å²) in [5, 5.41) is 1.44. The SMILES string of the molecule is COC(=O)c1ccc(-c2sc(-c3ccc([Si](C)(C)C)cc3)c3nccnc23)cc1. The quantitative estimate of drug-likeness (QED) is 0.331. The van der Waals surface area contributed by atoms with Gasteiger partial charge in [-0.3, -0.25) is 9.97 Å². The first-order valence-corrected chi connectivity index (χ1v) is 13.7. The summed E-state index contributed by atoms with van der Waals surface area (Å²) in [6, 6.07) is 16.3. The van der Waals surface area contributed by atoms with Crippen molar-refractivity contribution in [1.29, 1.82) is 0 Å². The maximum atomic E-state index is 11.7. The van der Waals surface area contributed by atoms with Crippen LogP contribution in [0, 0.1) is 0 Å². The molecule has 4 aromatic rings. The topological polar surface area (TPSA) is 52.1 Å². The van der Waals surface area contributed by atoms with Gasteiger partial charge in [0.2, 0.25) is 0 Å². The highest BCUT2D eigenvalue weighted by Crippen LogP contribution is 2.42. The third kappa shape index (κ3) is 3.73. The van der Waals surface area contributed by atoms with Crippen LogP contribution < -0.4 is 5.19 Å². The number of esters is 1. The summed E-state index contributed by atoms with van der Waals surface area (Å²) in [5.74, 6) is -0.337. The molecule has 0 aliphatic rings. The zero-order valence-electron chi connectivity index (χ0n) is 16.9. The van der Waals surface area contributed by atoms with Gasteiger partial charge in [0.15, 0.2) is 0 Å². The lowest BCUT2D eigenvalue weighted by Gasteiger charge is -2.16. The summed E-state index contributed by atoms with van der Waals surface area (Å²) in [4.78, 5) is 23.1. The molecule has 0 spiro atoms. The van der Waals surface area contributed by atoms with E-state index in [1.54, 1.807) is 35.9 Å². The Bertz CT molecular complexity index is 1180. The van der Waals surface area contributed by atoms with E-state index in [9.17, 15) is 4.79 Å². The van der Waals surface area contributed by atoms with Crippen molar-refractivity contribution in [2.45, 2.75) is 19.6 Å². The number of fused-ring (bicyclic) bond motifs is 1. The van der Waals surface area contributed by atoms with Crippen LogP contribution in [0.5, 0.6) is 0 Å². The van der Waals surface area contributed by atoms with Gasteiger partial charge in [-0.25, -0.2) is 4.79 Å². The molecule has 2 heterocycles. The molecule has 0 bridgehead atoms. The molecule has 0 radical (unpaired) electrons. The molecule has 0 atom stereocenters. The Morgan fingerprint density at radius 2 is 1.31 bits per heavy atom. The number of carbonyl (C=O) groups excluding carboxylic acids is 1. The van der Waals surface area contributed by atoms with Gasteiger partial charge in [-0.2, -0.15) is 0 Å². The molecular weight excluding hydrogens is 396 g/mol. The minimum Gasteiger partial charge on any atom is -0.465 e. The van der Waals surface area contributed by atoms with Crippen LogP contribution in [-0.2, 0) is 4.74 Å². The standard InChI is InChI=1S/C23H22N2O2SSi/c1-27-23(26)17-7-5-15(6-8-17)21-19-20(25-14-13-24-19)22(28-21)16-9-11-18(12-10-16)29(2,3)4/h5-14H,1-4H3. The zero-order valence-corrected chi connectivity index (χ0v) is 18.7. The minimum atomic E-state index is -1.34. The molecule has 0 saturated heterocycles. The molecule has 2 aromatic heterocycles. The second-order valence-electron chi connectivity index (χ2n) is 7.91. The van der Waals surface area contributed by atoms with Gasteiger partial charge in [0, 0.05) is 12.4 Å². The third-order valence-corrected chi connectivity index (χ3v) is 8.25. The minimum absolute atomic E-state index is 0.337. The molecule has 0 amide bonds. The van der Waals surface area contributed by atoms with Crippen LogP contribution in [0.15, 0.2) is 60.9 Å². The molecule has 4 rings (SSSR count). The van der Waals surface area contributed by atoms with Crippen LogP contribution in [0.1, 0.15) is 10.4 Å². The third-order valence-electron chi connectivity index (χ3n) is 4.91. The van der Waals surface area contributed by atoms with Gasteiger partial charge >= 0.3 is 5.97 Å². The van der Waals surface area contributed by atoms with Crippen LogP contribution in [0.2, 0.25) is 19.6 Å². The van der Waals surface area contributed by atoms with E-state index in [0.29, 0.717) is 5.56 Å². The molecule has 6 heteroatoms. The van der Waals surface area contributed by atoms with Crippen molar-refractivity contribution in [3.8, 4) is 20.9 Å². The fourth-order valence-corrected chi connectivity index (χ4v) is 5.63. The number of nitrogens with zero attached hydrogens (tertiary/aromatic N) is 2. The van der Waals surface area contributed by atoms with E-state index in [-0.39, 0.29) is 5.97 Å². The van der Waals surface area contributed by atoms with Gasteiger partial charge in [-0.1, -0.05) is 61.2 Å². The Kier molecular flexibility index (Phi) is 5.06. The van der Waals surface area contributed by atoms with Crippen molar-refractivity contribution < 1.29 is 9.53 Å². The first kappa shape index (κ1) is 19.5. The van der Waals surface area contributed by atoms with Crippen molar-refractivity contribution >= 4 is 41.6 Å². The Balaban J connectivity index is 1.81. The van der Waals surface area contributed by atoms with E-state index in [1.807, 2.05) is 12.1 Å². The summed E-state index contributed by atoms with van der Waals surface area (Å²) in [5.41, 5.74) is 4.49. The van der Waals surface area contributed by atoms with Crippen LogP contribution in [-0.4, -0.2) is 31.1 Å². The Hall–Kier alpha value is -2.83. The second kappa shape index (κ2) is 7.53. The van der Waals surface area contributed by atoms with Crippen LogP contribution in [0.25, 0.3) is 31.9 Å². The smallest absolute Gasteiger partial charge is 0.337 e. The second-order valence-corrected chi connectivity index (χ2v) is 14.0. The van der Waals surface area contributed by atoms with Gasteiger partial charge in [0.1, 0.15) is 11.0 Å². The van der Waals surface area contributed by atoms with Crippen LogP contribution >= 0.6 is 11.3 Å². The van der Waals surface area contributed by atoms with Crippen LogP contribution in [0.4, 0.5) is 0 Å². The van der Waals surface area contributed by atoms with Gasteiger partial charge in [-0.05, 0) is 23.3 Å². The highest BCUT2D eigenvalue weighted by molar-refractivity contribution is 7.20. The fraction of sp³-hybridized carbons (Fsp3) is 0.174. The molecule has 0 aliphatic heterocycles. The highest BCUT2D eigenvalue weighted by atomic mass is 32.1. The molecular formula is C23H22N2O2SSi. The van der Waals surface area contributed by atoms with Crippen molar-refractivity contribution in [3.63, 3.8) is 0 Å². The van der Waals surface area contributed by atoms with E-state index < -0.39 is 8.07 Å². The molecule has 146 valence electrons. The maximum Gasteiger partial charge on any atom is 0.337 e. The number of hydrogen-bond acceptors (Lipinski definition) is 5. The monoisotopic (exact) mass is 418 g/mol. The van der Waals surface area contributed by atoms with Crippen molar-refractivity contribution in [2.75, 3.05) is 7.11 Å². The summed E-state index contributed by atoms with van der Waals surface area (Å²) in [6.45, 7) is 7.05. The molecule has 0 N–H and O–H groups in total. The molecule has 2 aromatic carbocycles. The number of benzene rings is 2.